The molecule has 27 heavy (non-hydrogen) atoms. The normalized spacial score (nSPS) is 11.7. The molecule has 0 aliphatic rings. The first-order chi connectivity index (χ1) is 13.0. The average molecular weight is 386 g/mol. The van der Waals surface area contributed by atoms with Crippen LogP contribution in [0.1, 0.15) is 43.7 Å². The molecule has 1 amide bonds. The summed E-state index contributed by atoms with van der Waals surface area (Å²) in [6, 6.07) is 15.9. The zero-order valence-electron chi connectivity index (χ0n) is 16.2. The Labute approximate surface area is 165 Å². The Morgan fingerprint density at radius 2 is 1.74 bits per heavy atom. The third-order valence-electron chi connectivity index (χ3n) is 4.34. The fraction of sp³-hybridized carbons (Fsp3) is 0.364. The van der Waals surface area contributed by atoms with Crippen molar-refractivity contribution < 1.29 is 14.3 Å². The Balaban J connectivity index is 1.67. The minimum absolute atomic E-state index is 0.263. The highest BCUT2D eigenvalue weighted by Crippen LogP contribution is 2.21. The van der Waals surface area contributed by atoms with Crippen LogP contribution in [0.4, 0.5) is 5.69 Å². The van der Waals surface area contributed by atoms with E-state index in [4.69, 9.17) is 4.74 Å². The first-order valence-electron chi connectivity index (χ1n) is 9.23. The van der Waals surface area contributed by atoms with Gasteiger partial charge in [0.2, 0.25) is 0 Å². The second-order valence-electron chi connectivity index (χ2n) is 6.55. The Hall–Kier alpha value is -2.27. The predicted octanol–water partition coefficient (Wildman–Crippen LogP) is 5.17. The molecule has 0 radical (unpaired) electrons. The van der Waals surface area contributed by atoms with Gasteiger partial charge in [0.15, 0.2) is 6.61 Å². The van der Waals surface area contributed by atoms with Crippen molar-refractivity contribution in [3.63, 3.8) is 0 Å². The molecule has 2 aromatic carbocycles. The van der Waals surface area contributed by atoms with E-state index in [2.05, 4.69) is 19.2 Å². The minimum atomic E-state index is -0.364. The van der Waals surface area contributed by atoms with E-state index in [0.29, 0.717) is 17.4 Å². The molecule has 0 bridgehead atoms. The quantitative estimate of drug-likeness (QED) is 0.478. The molecule has 1 N–H and O–H groups in total. The second-order valence-corrected chi connectivity index (χ2v) is 7.72. The lowest BCUT2D eigenvalue weighted by Gasteiger charge is -2.10. The van der Waals surface area contributed by atoms with E-state index in [0.717, 1.165) is 11.3 Å². The van der Waals surface area contributed by atoms with Crippen molar-refractivity contribution in [2.45, 2.75) is 44.4 Å². The van der Waals surface area contributed by atoms with Gasteiger partial charge in [-0.1, -0.05) is 43.7 Å². The number of rotatable bonds is 9. The van der Waals surface area contributed by atoms with Crippen LogP contribution in [0.5, 0.6) is 0 Å². The lowest BCUT2D eigenvalue weighted by molar-refractivity contribution is -0.146. The largest absolute Gasteiger partial charge is 0.456 e. The maximum absolute atomic E-state index is 11.9. The number of benzene rings is 2. The highest BCUT2D eigenvalue weighted by molar-refractivity contribution is 7.99. The SMILES string of the molecule is CC[C@H](C)c1ccc(NC(=O)COC(=O)CCSc2ccc(C)cc2)cc1. The van der Waals surface area contributed by atoms with Crippen molar-refractivity contribution in [2.75, 3.05) is 17.7 Å². The van der Waals surface area contributed by atoms with E-state index >= 15 is 0 Å². The summed E-state index contributed by atoms with van der Waals surface area (Å²) in [5.74, 6) is 0.428. The van der Waals surface area contributed by atoms with Crippen molar-refractivity contribution in [3.05, 3.63) is 59.7 Å². The summed E-state index contributed by atoms with van der Waals surface area (Å²) in [5.41, 5.74) is 3.16. The van der Waals surface area contributed by atoms with Crippen molar-refractivity contribution in [1.82, 2.24) is 0 Å². The van der Waals surface area contributed by atoms with Crippen LogP contribution in [0.15, 0.2) is 53.4 Å². The Kier molecular flexibility index (Phi) is 8.40. The first-order valence-corrected chi connectivity index (χ1v) is 10.2. The molecular weight excluding hydrogens is 358 g/mol. The molecule has 2 rings (SSSR count). The molecule has 0 spiro atoms. The molecule has 0 unspecified atom stereocenters. The van der Waals surface area contributed by atoms with Crippen LogP contribution in [-0.4, -0.2) is 24.2 Å². The van der Waals surface area contributed by atoms with Crippen LogP contribution in [0, 0.1) is 6.92 Å². The molecule has 0 saturated carbocycles. The zero-order valence-corrected chi connectivity index (χ0v) is 17.0. The van der Waals surface area contributed by atoms with Crippen LogP contribution in [0.2, 0.25) is 0 Å². The summed E-state index contributed by atoms with van der Waals surface area (Å²) < 4.78 is 5.05. The molecule has 4 nitrogen and oxygen atoms in total. The number of esters is 1. The molecule has 2 aromatic rings. The number of thioether (sulfide) groups is 1. The third-order valence-corrected chi connectivity index (χ3v) is 5.35. The van der Waals surface area contributed by atoms with Gasteiger partial charge in [-0.25, -0.2) is 0 Å². The Morgan fingerprint density at radius 3 is 2.37 bits per heavy atom. The van der Waals surface area contributed by atoms with E-state index < -0.39 is 0 Å². The van der Waals surface area contributed by atoms with Gasteiger partial charge in [-0.3, -0.25) is 9.59 Å². The van der Waals surface area contributed by atoms with Crippen molar-refractivity contribution in [3.8, 4) is 0 Å². The van der Waals surface area contributed by atoms with E-state index in [1.165, 1.54) is 11.1 Å². The summed E-state index contributed by atoms with van der Waals surface area (Å²) in [4.78, 5) is 24.8. The summed E-state index contributed by atoms with van der Waals surface area (Å²) >= 11 is 1.60. The van der Waals surface area contributed by atoms with Gasteiger partial charge in [-0.05, 0) is 49.1 Å². The molecule has 0 aliphatic heterocycles. The van der Waals surface area contributed by atoms with Gasteiger partial charge in [0.05, 0.1) is 6.42 Å². The fourth-order valence-corrected chi connectivity index (χ4v) is 3.27. The highest BCUT2D eigenvalue weighted by atomic mass is 32.2. The van der Waals surface area contributed by atoms with Gasteiger partial charge < -0.3 is 10.1 Å². The van der Waals surface area contributed by atoms with Gasteiger partial charge in [0.25, 0.3) is 5.91 Å². The van der Waals surface area contributed by atoms with Gasteiger partial charge in [-0.2, -0.15) is 0 Å². The van der Waals surface area contributed by atoms with E-state index in [9.17, 15) is 9.59 Å². The molecule has 0 saturated heterocycles. The van der Waals surface area contributed by atoms with Crippen molar-refractivity contribution >= 4 is 29.3 Å². The number of anilines is 1. The molecule has 0 aliphatic carbocycles. The number of hydrogen-bond donors (Lipinski definition) is 1. The Morgan fingerprint density at radius 1 is 1.07 bits per heavy atom. The Bertz CT molecular complexity index is 741. The maximum Gasteiger partial charge on any atom is 0.307 e. The first kappa shape index (κ1) is 21.0. The van der Waals surface area contributed by atoms with E-state index in [1.807, 2.05) is 55.5 Å². The van der Waals surface area contributed by atoms with E-state index in [-0.39, 0.29) is 24.9 Å². The summed E-state index contributed by atoms with van der Waals surface area (Å²) in [6.45, 7) is 6.09. The van der Waals surface area contributed by atoms with Crippen LogP contribution in [-0.2, 0) is 14.3 Å². The number of hydrogen-bond acceptors (Lipinski definition) is 4. The maximum atomic E-state index is 11.9. The molecular formula is C22H27NO3S. The number of carbonyl (C=O) groups is 2. The third kappa shape index (κ3) is 7.47. The zero-order chi connectivity index (χ0) is 19.6. The predicted molar refractivity (Wildman–Crippen MR) is 111 cm³/mol. The molecule has 1 atom stereocenters. The van der Waals surface area contributed by atoms with Crippen LogP contribution < -0.4 is 5.32 Å². The number of nitrogens with one attached hydrogen (secondary N) is 1. The summed E-state index contributed by atoms with van der Waals surface area (Å²) in [5, 5.41) is 2.75. The van der Waals surface area contributed by atoms with Crippen molar-refractivity contribution in [1.29, 1.82) is 0 Å². The van der Waals surface area contributed by atoms with Crippen LogP contribution in [0.25, 0.3) is 0 Å². The number of amides is 1. The van der Waals surface area contributed by atoms with Crippen LogP contribution in [0.3, 0.4) is 0 Å². The molecule has 0 fully saturated rings. The fourth-order valence-electron chi connectivity index (χ4n) is 2.43. The molecule has 144 valence electrons. The average Bonchev–Trinajstić information content (AvgIpc) is 2.68. The lowest BCUT2D eigenvalue weighted by Crippen LogP contribution is -2.21. The summed E-state index contributed by atoms with van der Waals surface area (Å²) in [7, 11) is 0. The highest BCUT2D eigenvalue weighted by Gasteiger charge is 2.09. The lowest BCUT2D eigenvalue weighted by atomic mass is 9.99. The number of aryl methyl sites for hydroxylation is 1. The standard InChI is InChI=1S/C22H27NO3S/c1-4-17(3)18-7-9-19(10-8-18)23-21(24)15-26-22(25)13-14-27-20-11-5-16(2)6-12-20/h5-12,17H,4,13-15H2,1-3H3,(H,23,24)/t17-/m0/s1. The van der Waals surface area contributed by atoms with Gasteiger partial charge in [0.1, 0.15) is 0 Å². The molecule has 0 heterocycles. The second kappa shape index (κ2) is 10.8. The monoisotopic (exact) mass is 385 g/mol. The summed E-state index contributed by atoms with van der Waals surface area (Å²) in [6.07, 6.45) is 1.35. The van der Waals surface area contributed by atoms with Crippen molar-refractivity contribution in [2.24, 2.45) is 0 Å². The smallest absolute Gasteiger partial charge is 0.307 e. The number of carbonyl (C=O) groups excluding carboxylic acids is 2. The molecule has 0 aromatic heterocycles. The molecule has 5 heteroatoms. The van der Waals surface area contributed by atoms with Gasteiger partial charge in [0, 0.05) is 16.3 Å². The topological polar surface area (TPSA) is 55.4 Å². The minimum Gasteiger partial charge on any atom is -0.456 e. The van der Waals surface area contributed by atoms with E-state index in [1.54, 1.807) is 11.8 Å². The van der Waals surface area contributed by atoms with Crippen LogP contribution >= 0.6 is 11.8 Å². The van der Waals surface area contributed by atoms with Gasteiger partial charge in [-0.15, -0.1) is 11.8 Å². The number of ether oxygens (including phenoxy) is 1. The van der Waals surface area contributed by atoms with Gasteiger partial charge >= 0.3 is 5.97 Å².